The molecule has 2 bridgehead atoms. The average Bonchev–Trinajstić information content (AvgIpc) is 3.73. The molecule has 0 radical (unpaired) electrons. The summed E-state index contributed by atoms with van der Waals surface area (Å²) in [4.78, 5) is 20.5. The molecule has 7 rings (SSSR count). The van der Waals surface area contributed by atoms with Crippen LogP contribution in [-0.2, 0) is 25.8 Å². The lowest BCUT2D eigenvalue weighted by molar-refractivity contribution is -0.119. The van der Waals surface area contributed by atoms with Crippen LogP contribution in [0.4, 0.5) is 8.78 Å². The first-order valence-electron chi connectivity index (χ1n) is 13.4. The van der Waals surface area contributed by atoms with Gasteiger partial charge in [0.1, 0.15) is 23.7 Å². The normalized spacial score (nSPS) is 23.1. The van der Waals surface area contributed by atoms with Gasteiger partial charge in [0.25, 0.3) is 0 Å². The number of carbonyl (C=O) groups is 1. The first kappa shape index (κ1) is 25.8. The smallest absolute Gasteiger partial charge is 0.220 e. The SMILES string of the molecule is O=C1CC[C@@H](CS(=O)(=O)Cc2ncn(-c3cccc([C@]45CC[C@H](C4)c4cc(-c6c(F)cccc6F)nnc45)n3)n2)N1. The van der Waals surface area contributed by atoms with Crippen LogP contribution in [0.5, 0.6) is 0 Å². The molecule has 1 aromatic carbocycles. The van der Waals surface area contributed by atoms with Crippen LogP contribution < -0.4 is 5.32 Å². The second-order valence-electron chi connectivity index (χ2n) is 11.0. The molecule has 4 heterocycles. The summed E-state index contributed by atoms with van der Waals surface area (Å²) in [5.74, 6) is -1.21. The van der Waals surface area contributed by atoms with E-state index in [2.05, 4.69) is 25.6 Å². The Balaban J connectivity index is 1.16. The maximum Gasteiger partial charge on any atom is 0.220 e. The highest BCUT2D eigenvalue weighted by atomic mass is 32.2. The van der Waals surface area contributed by atoms with Crippen molar-refractivity contribution < 1.29 is 22.0 Å². The number of benzene rings is 1. The van der Waals surface area contributed by atoms with Gasteiger partial charge in [0, 0.05) is 12.5 Å². The van der Waals surface area contributed by atoms with Gasteiger partial charge in [0.2, 0.25) is 5.91 Å². The summed E-state index contributed by atoms with van der Waals surface area (Å²) in [6.07, 6.45) is 4.71. The maximum atomic E-state index is 14.4. The molecule has 4 aromatic rings. The molecule has 210 valence electrons. The van der Waals surface area contributed by atoms with Gasteiger partial charge in [-0.05, 0) is 67.5 Å². The van der Waals surface area contributed by atoms with Crippen LogP contribution in [0.2, 0.25) is 0 Å². The molecule has 1 saturated carbocycles. The molecule has 1 amide bonds. The molecule has 3 atom stereocenters. The third-order valence-corrected chi connectivity index (χ3v) is 9.95. The summed E-state index contributed by atoms with van der Waals surface area (Å²) in [5.41, 5.74) is 1.97. The largest absolute Gasteiger partial charge is 0.352 e. The van der Waals surface area contributed by atoms with Crippen molar-refractivity contribution in [2.75, 3.05) is 5.75 Å². The minimum atomic E-state index is -3.54. The van der Waals surface area contributed by atoms with Crippen molar-refractivity contribution in [2.45, 2.75) is 55.2 Å². The van der Waals surface area contributed by atoms with Gasteiger partial charge in [0.05, 0.1) is 33.8 Å². The highest BCUT2D eigenvalue weighted by molar-refractivity contribution is 7.90. The zero-order chi connectivity index (χ0) is 28.4. The number of nitrogens with zero attached hydrogens (tertiary/aromatic N) is 6. The summed E-state index contributed by atoms with van der Waals surface area (Å²) < 4.78 is 55.7. The van der Waals surface area contributed by atoms with Gasteiger partial charge < -0.3 is 5.32 Å². The molecule has 10 nitrogen and oxygen atoms in total. The zero-order valence-corrected chi connectivity index (χ0v) is 22.6. The van der Waals surface area contributed by atoms with Crippen LogP contribution in [0.3, 0.4) is 0 Å². The van der Waals surface area contributed by atoms with E-state index in [9.17, 15) is 22.0 Å². The Morgan fingerprint density at radius 1 is 1.07 bits per heavy atom. The molecule has 0 unspecified atom stereocenters. The number of hydrogen-bond donors (Lipinski definition) is 1. The number of pyridine rings is 1. The summed E-state index contributed by atoms with van der Waals surface area (Å²) >= 11 is 0. The van der Waals surface area contributed by atoms with Crippen LogP contribution in [-0.4, -0.2) is 56.1 Å². The lowest BCUT2D eigenvalue weighted by Gasteiger charge is -2.27. The molecule has 3 aliphatic rings. The van der Waals surface area contributed by atoms with Gasteiger partial charge in [-0.25, -0.2) is 31.8 Å². The summed E-state index contributed by atoms with van der Waals surface area (Å²) in [6.45, 7) is 0. The Morgan fingerprint density at radius 2 is 1.88 bits per heavy atom. The number of aromatic nitrogens is 6. The van der Waals surface area contributed by atoms with Crippen molar-refractivity contribution in [3.8, 4) is 17.1 Å². The van der Waals surface area contributed by atoms with Crippen molar-refractivity contribution >= 4 is 15.7 Å². The number of fused-ring (bicyclic) bond motifs is 5. The number of hydrogen-bond acceptors (Lipinski definition) is 8. The summed E-state index contributed by atoms with van der Waals surface area (Å²) in [5, 5.41) is 15.8. The lowest BCUT2D eigenvalue weighted by Crippen LogP contribution is -2.32. The first-order valence-corrected chi connectivity index (χ1v) is 15.2. The predicted octanol–water partition coefficient (Wildman–Crippen LogP) is 3.16. The van der Waals surface area contributed by atoms with Crippen LogP contribution >= 0.6 is 0 Å². The van der Waals surface area contributed by atoms with E-state index in [0.717, 1.165) is 36.2 Å². The molecule has 2 fully saturated rings. The number of carbonyl (C=O) groups excluding carboxylic acids is 1. The third kappa shape index (κ3) is 4.48. The first-order chi connectivity index (χ1) is 19.7. The van der Waals surface area contributed by atoms with Crippen molar-refractivity contribution in [3.05, 3.63) is 83.2 Å². The second-order valence-corrected chi connectivity index (χ2v) is 13.1. The number of nitrogens with one attached hydrogen (secondary N) is 1. The molecule has 13 heteroatoms. The monoisotopic (exact) mass is 577 g/mol. The Hall–Kier alpha value is -4.13. The van der Waals surface area contributed by atoms with Crippen LogP contribution in [0.1, 0.15) is 60.8 Å². The molecule has 1 N–H and O–H groups in total. The number of amides is 1. The van der Waals surface area contributed by atoms with E-state index in [-0.39, 0.29) is 46.5 Å². The van der Waals surface area contributed by atoms with Gasteiger partial charge in [-0.15, -0.1) is 10.2 Å². The van der Waals surface area contributed by atoms with Crippen molar-refractivity contribution in [1.82, 2.24) is 35.3 Å². The molecular formula is C28H25F2N7O3S. The summed E-state index contributed by atoms with van der Waals surface area (Å²) in [6, 6.07) is 10.6. The van der Waals surface area contributed by atoms with Gasteiger partial charge in [-0.3, -0.25) is 4.79 Å². The molecular weight excluding hydrogens is 552 g/mol. The Bertz CT molecular complexity index is 1790. The standard InChI is InChI=1S/C28H25F2N7O3S/c29-19-3-1-4-20(30)26(19)21-11-18-16-9-10-28(12-16,27(18)35-34-21)22-5-2-6-24(33-22)37-15-31-23(36-37)14-41(39,40)13-17-7-8-25(38)32-17/h1-6,11,15-17H,7-10,12-14H2,(H,32,38)/t16-,17+,28+/m1/s1. The molecule has 1 saturated heterocycles. The number of rotatable bonds is 7. The fourth-order valence-electron chi connectivity index (χ4n) is 6.49. The van der Waals surface area contributed by atoms with Gasteiger partial charge >= 0.3 is 0 Å². The average molecular weight is 578 g/mol. The van der Waals surface area contributed by atoms with E-state index in [0.29, 0.717) is 18.7 Å². The minimum absolute atomic E-state index is 0.137. The Labute approximate surface area is 234 Å². The topological polar surface area (TPSA) is 133 Å². The molecule has 1 aliphatic heterocycles. The quantitative estimate of drug-likeness (QED) is 0.354. The van der Waals surface area contributed by atoms with Gasteiger partial charge in [0.15, 0.2) is 21.5 Å². The van der Waals surface area contributed by atoms with Crippen LogP contribution in [0, 0.1) is 11.6 Å². The maximum absolute atomic E-state index is 14.4. The van der Waals surface area contributed by atoms with E-state index in [1.807, 2.05) is 12.1 Å². The molecule has 2 aliphatic carbocycles. The Morgan fingerprint density at radius 3 is 2.66 bits per heavy atom. The fourth-order valence-corrected chi connectivity index (χ4v) is 8.00. The van der Waals surface area contributed by atoms with E-state index in [1.165, 1.54) is 29.2 Å². The zero-order valence-electron chi connectivity index (χ0n) is 21.8. The third-order valence-electron chi connectivity index (χ3n) is 8.34. The molecule has 3 aromatic heterocycles. The highest BCUT2D eigenvalue weighted by Gasteiger charge is 2.53. The summed E-state index contributed by atoms with van der Waals surface area (Å²) in [7, 11) is -3.54. The fraction of sp³-hybridized carbons (Fsp3) is 0.357. The number of halogens is 2. The van der Waals surface area contributed by atoms with Gasteiger partial charge in [-0.1, -0.05) is 12.1 Å². The second kappa shape index (κ2) is 9.47. The van der Waals surface area contributed by atoms with Crippen molar-refractivity contribution in [1.29, 1.82) is 0 Å². The minimum Gasteiger partial charge on any atom is -0.352 e. The van der Waals surface area contributed by atoms with E-state index < -0.39 is 26.9 Å². The predicted molar refractivity (Wildman–Crippen MR) is 143 cm³/mol. The van der Waals surface area contributed by atoms with E-state index >= 15 is 0 Å². The molecule has 41 heavy (non-hydrogen) atoms. The van der Waals surface area contributed by atoms with Crippen molar-refractivity contribution in [3.63, 3.8) is 0 Å². The molecule has 0 spiro atoms. The van der Waals surface area contributed by atoms with Gasteiger partial charge in [-0.2, -0.15) is 5.10 Å². The number of sulfone groups is 1. The lowest BCUT2D eigenvalue weighted by atomic mass is 9.79. The Kier molecular flexibility index (Phi) is 5.96. The van der Waals surface area contributed by atoms with E-state index in [4.69, 9.17) is 4.98 Å². The highest BCUT2D eigenvalue weighted by Crippen LogP contribution is 2.59. The van der Waals surface area contributed by atoms with Crippen LogP contribution in [0.25, 0.3) is 17.1 Å². The van der Waals surface area contributed by atoms with Crippen LogP contribution in [0.15, 0.2) is 48.8 Å². The van der Waals surface area contributed by atoms with Crippen molar-refractivity contribution in [2.24, 2.45) is 0 Å². The van der Waals surface area contributed by atoms with E-state index in [1.54, 1.807) is 12.1 Å².